The van der Waals surface area contributed by atoms with E-state index in [9.17, 15) is 13.2 Å². The van der Waals surface area contributed by atoms with Gasteiger partial charge in [0, 0.05) is 12.3 Å². The lowest BCUT2D eigenvalue weighted by Crippen LogP contribution is -2.12. The van der Waals surface area contributed by atoms with Gasteiger partial charge < -0.3 is 0 Å². The van der Waals surface area contributed by atoms with Gasteiger partial charge in [-0.15, -0.1) is 0 Å². The molecule has 0 bridgehead atoms. The molecule has 1 fully saturated rings. The predicted octanol–water partition coefficient (Wildman–Crippen LogP) is 5.05. The van der Waals surface area contributed by atoms with Crippen LogP contribution >= 0.6 is 27.5 Å². The van der Waals surface area contributed by atoms with Gasteiger partial charge in [0.15, 0.2) is 0 Å². The standard InChI is InChI=1S/C12H13BrClF3N2/c13-9-10(7-3-1-2-4-7)18-8(19-11(9)14)5-6-12(15,16)17/h7H,1-6H2. The average molecular weight is 358 g/mol. The van der Waals surface area contributed by atoms with Crippen LogP contribution in [0.4, 0.5) is 13.2 Å². The van der Waals surface area contributed by atoms with Crippen LogP contribution < -0.4 is 0 Å². The molecule has 0 saturated heterocycles. The third-order valence-corrected chi connectivity index (χ3v) is 4.54. The molecule has 1 saturated carbocycles. The van der Waals surface area contributed by atoms with Crippen LogP contribution in [0.1, 0.15) is 49.5 Å². The molecule has 1 aromatic rings. The van der Waals surface area contributed by atoms with Crippen molar-refractivity contribution in [2.75, 3.05) is 0 Å². The van der Waals surface area contributed by atoms with Crippen molar-refractivity contribution in [3.05, 3.63) is 21.1 Å². The summed E-state index contributed by atoms with van der Waals surface area (Å²) in [5, 5.41) is 0.203. The Morgan fingerprint density at radius 1 is 1.21 bits per heavy atom. The topological polar surface area (TPSA) is 25.8 Å². The van der Waals surface area contributed by atoms with Gasteiger partial charge in [-0.2, -0.15) is 13.2 Å². The van der Waals surface area contributed by atoms with E-state index >= 15 is 0 Å². The minimum Gasteiger partial charge on any atom is -0.236 e. The van der Waals surface area contributed by atoms with Gasteiger partial charge >= 0.3 is 6.18 Å². The molecule has 0 amide bonds. The monoisotopic (exact) mass is 356 g/mol. The Hall–Kier alpha value is -0.360. The molecule has 2 rings (SSSR count). The van der Waals surface area contributed by atoms with E-state index < -0.39 is 12.6 Å². The minimum atomic E-state index is -4.20. The van der Waals surface area contributed by atoms with E-state index in [1.165, 1.54) is 0 Å². The summed E-state index contributed by atoms with van der Waals surface area (Å²) in [4.78, 5) is 8.19. The van der Waals surface area contributed by atoms with Crippen molar-refractivity contribution in [1.82, 2.24) is 9.97 Å². The largest absolute Gasteiger partial charge is 0.389 e. The summed E-state index contributed by atoms with van der Waals surface area (Å²) in [5.74, 6) is 0.451. The fraction of sp³-hybridized carbons (Fsp3) is 0.667. The first-order chi connectivity index (χ1) is 8.87. The summed E-state index contributed by atoms with van der Waals surface area (Å²) in [6.45, 7) is 0. The number of hydrogen-bond acceptors (Lipinski definition) is 2. The molecule has 1 aliphatic rings. The van der Waals surface area contributed by atoms with Gasteiger partial charge in [-0.1, -0.05) is 24.4 Å². The van der Waals surface area contributed by atoms with Gasteiger partial charge in [-0.05, 0) is 28.8 Å². The average Bonchev–Trinajstić information content (AvgIpc) is 2.83. The maximum Gasteiger partial charge on any atom is 0.389 e. The highest BCUT2D eigenvalue weighted by Gasteiger charge is 2.28. The second kappa shape index (κ2) is 5.95. The summed E-state index contributed by atoms with van der Waals surface area (Å²) in [6.07, 6.45) is -1.09. The highest BCUT2D eigenvalue weighted by molar-refractivity contribution is 9.10. The number of hydrogen-bond donors (Lipinski definition) is 0. The maximum absolute atomic E-state index is 12.2. The molecule has 0 aromatic carbocycles. The van der Waals surface area contributed by atoms with Crippen LogP contribution in [0.25, 0.3) is 0 Å². The van der Waals surface area contributed by atoms with E-state index in [0.717, 1.165) is 31.4 Å². The summed E-state index contributed by atoms with van der Waals surface area (Å²) in [6, 6.07) is 0. The summed E-state index contributed by atoms with van der Waals surface area (Å²) < 4.78 is 37.3. The third kappa shape index (κ3) is 4.05. The zero-order chi connectivity index (χ0) is 14.0. The van der Waals surface area contributed by atoms with Crippen LogP contribution in [0.5, 0.6) is 0 Å². The predicted molar refractivity (Wildman–Crippen MR) is 70.3 cm³/mol. The molecule has 0 radical (unpaired) electrons. The van der Waals surface area contributed by atoms with Crippen LogP contribution in [-0.4, -0.2) is 16.1 Å². The van der Waals surface area contributed by atoms with Gasteiger partial charge in [-0.25, -0.2) is 9.97 Å². The molecule has 7 heteroatoms. The lowest BCUT2D eigenvalue weighted by molar-refractivity contribution is -0.134. The Bertz CT molecular complexity index is 459. The molecule has 0 atom stereocenters. The van der Waals surface area contributed by atoms with Crippen molar-refractivity contribution in [3.63, 3.8) is 0 Å². The maximum atomic E-state index is 12.2. The first-order valence-electron chi connectivity index (χ1n) is 6.15. The number of nitrogens with zero attached hydrogens (tertiary/aromatic N) is 2. The summed E-state index contributed by atoms with van der Waals surface area (Å²) in [5.41, 5.74) is 0.759. The van der Waals surface area contributed by atoms with E-state index in [1.807, 2.05) is 0 Å². The zero-order valence-electron chi connectivity index (χ0n) is 10.1. The van der Waals surface area contributed by atoms with Gasteiger partial charge in [0.05, 0.1) is 16.6 Å². The van der Waals surface area contributed by atoms with Crippen LogP contribution in [-0.2, 0) is 6.42 Å². The molecule has 0 N–H and O–H groups in total. The molecular formula is C12H13BrClF3N2. The summed E-state index contributed by atoms with van der Waals surface area (Å²) >= 11 is 9.30. The van der Waals surface area contributed by atoms with E-state index in [0.29, 0.717) is 4.47 Å². The van der Waals surface area contributed by atoms with E-state index in [1.54, 1.807) is 0 Å². The van der Waals surface area contributed by atoms with Crippen molar-refractivity contribution in [1.29, 1.82) is 0 Å². The molecule has 106 valence electrons. The van der Waals surface area contributed by atoms with Crippen LogP contribution in [0.2, 0.25) is 5.15 Å². The molecule has 0 aliphatic heterocycles. The quantitative estimate of drug-likeness (QED) is 0.708. The zero-order valence-corrected chi connectivity index (χ0v) is 12.4. The van der Waals surface area contributed by atoms with Crippen molar-refractivity contribution in [2.45, 2.75) is 50.6 Å². The van der Waals surface area contributed by atoms with Crippen LogP contribution in [0.3, 0.4) is 0 Å². The van der Waals surface area contributed by atoms with Crippen molar-refractivity contribution >= 4 is 27.5 Å². The number of aromatic nitrogens is 2. The van der Waals surface area contributed by atoms with Gasteiger partial charge in [0.1, 0.15) is 11.0 Å². The fourth-order valence-electron chi connectivity index (χ4n) is 2.32. The molecule has 2 nitrogen and oxygen atoms in total. The number of halogens is 5. The molecule has 0 spiro atoms. The second-order valence-corrected chi connectivity index (χ2v) is 5.88. The first-order valence-corrected chi connectivity index (χ1v) is 7.32. The second-order valence-electron chi connectivity index (χ2n) is 4.73. The molecule has 1 heterocycles. The van der Waals surface area contributed by atoms with Crippen LogP contribution in [0, 0.1) is 0 Å². The Morgan fingerprint density at radius 2 is 1.84 bits per heavy atom. The third-order valence-electron chi connectivity index (χ3n) is 3.26. The molecule has 19 heavy (non-hydrogen) atoms. The molecule has 1 aromatic heterocycles. The van der Waals surface area contributed by atoms with Crippen molar-refractivity contribution in [2.24, 2.45) is 0 Å². The molecule has 1 aliphatic carbocycles. The van der Waals surface area contributed by atoms with Crippen molar-refractivity contribution < 1.29 is 13.2 Å². The van der Waals surface area contributed by atoms with Gasteiger partial charge in [0.25, 0.3) is 0 Å². The Kier molecular flexibility index (Phi) is 4.71. The van der Waals surface area contributed by atoms with E-state index in [4.69, 9.17) is 11.6 Å². The highest BCUT2D eigenvalue weighted by Crippen LogP contribution is 2.38. The normalized spacial score (nSPS) is 17.1. The highest BCUT2D eigenvalue weighted by atomic mass is 79.9. The first kappa shape index (κ1) is 15.0. The van der Waals surface area contributed by atoms with Crippen molar-refractivity contribution in [3.8, 4) is 0 Å². The number of alkyl halides is 3. The van der Waals surface area contributed by atoms with E-state index in [-0.39, 0.29) is 23.3 Å². The van der Waals surface area contributed by atoms with Gasteiger partial charge in [-0.3, -0.25) is 0 Å². The fourth-order valence-corrected chi connectivity index (χ4v) is 3.01. The van der Waals surface area contributed by atoms with E-state index in [2.05, 4.69) is 25.9 Å². The van der Waals surface area contributed by atoms with Crippen LogP contribution in [0.15, 0.2) is 4.47 Å². The van der Waals surface area contributed by atoms with Gasteiger partial charge in [0.2, 0.25) is 0 Å². The Morgan fingerprint density at radius 3 is 2.42 bits per heavy atom. The SMILES string of the molecule is FC(F)(F)CCc1nc(Cl)c(Br)c(C2CCCC2)n1. The Labute approximate surface area is 122 Å². The smallest absolute Gasteiger partial charge is 0.236 e. The molecular weight excluding hydrogens is 344 g/mol. The number of rotatable bonds is 3. The molecule has 0 unspecified atom stereocenters. The number of aryl methyl sites for hydroxylation is 1. The lowest BCUT2D eigenvalue weighted by Gasteiger charge is -2.13. The summed E-state index contributed by atoms with van der Waals surface area (Å²) in [7, 11) is 0. The Balaban J connectivity index is 2.21. The lowest BCUT2D eigenvalue weighted by atomic mass is 10.0. The minimum absolute atomic E-state index is 0.174.